The number of esters is 2. The van der Waals surface area contributed by atoms with E-state index in [4.69, 9.17) is 28.4 Å². The fourth-order valence-electron chi connectivity index (χ4n) is 16.7. The molecule has 648 valence electrons. The van der Waals surface area contributed by atoms with Gasteiger partial charge in [-0.25, -0.2) is 43.8 Å². The summed E-state index contributed by atoms with van der Waals surface area (Å²) < 4.78 is 150. The lowest BCUT2D eigenvalue weighted by molar-refractivity contribution is -0.197. The molecule has 0 radical (unpaired) electrons. The Hall–Kier alpha value is -8.50. The van der Waals surface area contributed by atoms with Crippen LogP contribution >= 0.6 is 0 Å². The molecule has 2 N–H and O–H groups in total. The maximum Gasteiger partial charge on any atom is 0.307 e. The van der Waals surface area contributed by atoms with Crippen molar-refractivity contribution in [1.29, 1.82) is 0 Å². The standard InChI is InChI=1S/2C42H56F2N4O10S/c2*1-25-11-7-8-12-27-22-42(27,39(53)46-59(54,55)29-15-16-29)23-34(49)33-20-28(57-36-30-13-9-10-14-31(30)38(52)48(45-36)17-18-56-6)24-47(33)37(51)32(26(2)19-25)21-35(50)58-40(3,4)41(5,43)44/h2*8-10,12-14,25-29,32-33H,7,11,15-24H2,1-6H3,(H,46,53)/b2*12-8-/t25-,26+,27+,28+,32-,33-,42+;25-,26-,27-,28-,32+,33+,42-/m01/s1. The SMILES string of the molecule is COCCn1nc(O[C@@H]2C[C@H]3C(=O)C[C@]4(C(=O)NS(=O)(=O)C5CC5)C[C@H]4/C=C\CC[C@@H](C)C[C@@H](C)[C@H](CC(=O)OC(C)(C)C(C)(F)F)C(=O)N3C2)c2ccccc2c1=O.COCCn1nc(O[C@@H]2C[C@H]3C(=O)C[C@]4(C(=O)NS(=O)(=O)C5CC5)C[C@H]4/C=C\CC[C@H](C)C[C@@H](C)[C@H](CC(=O)OC(C)(C)C(C)(F)F)C(=O)N3C2)c2ccccc2c1=O. The first-order valence-electron chi connectivity index (χ1n) is 41.0. The fraction of sp³-hybridized carbons (Fsp3) is 0.667. The van der Waals surface area contributed by atoms with Crippen LogP contribution in [-0.2, 0) is 90.4 Å². The number of alkyl halides is 4. The molecule has 4 aromatic rings. The molecule has 34 heteroatoms. The summed E-state index contributed by atoms with van der Waals surface area (Å²) in [5.74, 6) is -16.0. The lowest BCUT2D eigenvalue weighted by Gasteiger charge is -2.34. The lowest BCUT2D eigenvalue weighted by Crippen LogP contribution is -2.48. The van der Waals surface area contributed by atoms with Crippen LogP contribution in [0.3, 0.4) is 0 Å². The largest absolute Gasteiger partial charge is 0.471 e. The average molecular weight is 1690 g/mol. The predicted octanol–water partition coefficient (Wildman–Crippen LogP) is 9.92. The number of methoxy groups -OCH3 is 2. The molecule has 118 heavy (non-hydrogen) atoms. The van der Waals surface area contributed by atoms with Crippen LogP contribution in [0.5, 0.6) is 11.8 Å². The smallest absolute Gasteiger partial charge is 0.307 e. The number of nitrogens with one attached hydrogen (secondary N) is 2. The van der Waals surface area contributed by atoms with Gasteiger partial charge in [-0.3, -0.25) is 57.4 Å². The van der Waals surface area contributed by atoms with Crippen LogP contribution in [0, 0.1) is 58.2 Å². The van der Waals surface area contributed by atoms with Gasteiger partial charge in [0, 0.05) is 53.8 Å². The molecule has 2 aromatic heterocycles. The summed E-state index contributed by atoms with van der Waals surface area (Å²) in [6.07, 6.45) is 9.85. The number of nitrogens with zero attached hydrogens (tertiary/aromatic N) is 6. The third-order valence-corrected chi connectivity index (χ3v) is 28.8. The van der Waals surface area contributed by atoms with Crippen molar-refractivity contribution in [1.82, 2.24) is 38.8 Å². The van der Waals surface area contributed by atoms with E-state index in [9.17, 15) is 82.3 Å². The van der Waals surface area contributed by atoms with Gasteiger partial charge < -0.3 is 38.2 Å². The molecular formula is C84H112F4N8O20S2. The molecule has 14 atom stereocenters. The first-order valence-corrected chi connectivity index (χ1v) is 44.1. The Morgan fingerprint density at radius 3 is 1.19 bits per heavy atom. The van der Waals surface area contributed by atoms with Crippen molar-refractivity contribution >= 4 is 88.7 Å². The van der Waals surface area contributed by atoms with Crippen LogP contribution in [-0.4, -0.2) is 192 Å². The molecule has 4 aliphatic carbocycles. The topological polar surface area (TPSA) is 361 Å². The normalized spacial score (nSPS) is 28.8. The first-order chi connectivity index (χ1) is 55.3. The Labute approximate surface area is 685 Å². The number of hydrogen-bond donors (Lipinski definition) is 2. The summed E-state index contributed by atoms with van der Waals surface area (Å²) in [6.45, 7) is 13.7. The Kier molecular flexibility index (Phi) is 27.3. The fourth-order valence-corrected chi connectivity index (χ4v) is 19.5. The molecular weight excluding hydrogens is 1580 g/mol. The molecule has 6 heterocycles. The van der Waals surface area contributed by atoms with Crippen LogP contribution in [0.25, 0.3) is 21.5 Å². The number of benzene rings is 2. The van der Waals surface area contributed by atoms with Crippen molar-refractivity contribution in [2.45, 2.75) is 256 Å². The zero-order valence-corrected chi connectivity index (χ0v) is 70.8. The number of allylic oxidation sites excluding steroid dienone is 4. The minimum Gasteiger partial charge on any atom is -0.471 e. The second-order valence-corrected chi connectivity index (χ2v) is 39.2. The Balaban J connectivity index is 0.000000231. The highest BCUT2D eigenvalue weighted by Crippen LogP contribution is 2.59. The Bertz CT molecular complexity index is 4600. The minimum absolute atomic E-state index is 0.0482. The number of ketones is 2. The van der Waals surface area contributed by atoms with Crippen molar-refractivity contribution in [3.63, 3.8) is 0 Å². The van der Waals surface area contributed by atoms with Crippen molar-refractivity contribution in [3.05, 3.63) is 93.5 Å². The number of rotatable bonds is 24. The van der Waals surface area contributed by atoms with Crippen LogP contribution in [0.15, 0.2) is 82.4 Å². The van der Waals surface area contributed by atoms with E-state index in [1.807, 2.05) is 52.0 Å². The molecule has 0 spiro atoms. The number of aromatic nitrogens is 4. The van der Waals surface area contributed by atoms with Crippen molar-refractivity contribution in [2.24, 2.45) is 58.2 Å². The Morgan fingerprint density at radius 2 is 0.864 bits per heavy atom. The molecule has 12 rings (SSSR count). The monoisotopic (exact) mass is 1690 g/mol. The molecule has 8 aliphatic rings. The van der Waals surface area contributed by atoms with Crippen molar-refractivity contribution < 1.29 is 101 Å². The highest BCUT2D eigenvalue weighted by molar-refractivity contribution is 7.91. The summed E-state index contributed by atoms with van der Waals surface area (Å²) >= 11 is 0. The molecule has 2 aromatic carbocycles. The maximum absolute atomic E-state index is 14.9. The minimum atomic E-state index is -3.93. The van der Waals surface area contributed by atoms with E-state index in [2.05, 4.69) is 19.6 Å². The number of sulfonamides is 2. The number of carbonyl (C=O) groups is 8. The van der Waals surface area contributed by atoms with Gasteiger partial charge in [-0.2, -0.15) is 0 Å². The van der Waals surface area contributed by atoms with Crippen molar-refractivity contribution in [2.75, 3.05) is 40.5 Å². The van der Waals surface area contributed by atoms with Gasteiger partial charge in [0.25, 0.3) is 23.0 Å². The summed E-state index contributed by atoms with van der Waals surface area (Å²) in [4.78, 5) is 143. The second kappa shape index (κ2) is 35.7. The molecule has 28 nitrogen and oxygen atoms in total. The van der Waals surface area contributed by atoms with Gasteiger partial charge >= 0.3 is 11.9 Å². The summed E-state index contributed by atoms with van der Waals surface area (Å²) in [6, 6.07) is 11.1. The molecule has 6 fully saturated rings. The van der Waals surface area contributed by atoms with Gasteiger partial charge in [-0.1, -0.05) is 76.3 Å². The van der Waals surface area contributed by atoms with E-state index in [0.29, 0.717) is 99.6 Å². The summed E-state index contributed by atoms with van der Waals surface area (Å²) in [7, 11) is -4.89. The van der Waals surface area contributed by atoms with Gasteiger partial charge in [0.05, 0.1) is 119 Å². The number of fused-ring (bicyclic) bond motifs is 6. The van der Waals surface area contributed by atoms with Crippen molar-refractivity contribution in [3.8, 4) is 11.8 Å². The number of amides is 4. The van der Waals surface area contributed by atoms with E-state index in [1.54, 1.807) is 48.5 Å². The molecule has 0 unspecified atom stereocenters. The quantitative estimate of drug-likeness (QED) is 0.0374. The Morgan fingerprint density at radius 1 is 0.517 bits per heavy atom. The van der Waals surface area contributed by atoms with E-state index in [-0.39, 0.29) is 113 Å². The molecule has 4 amide bonds. The zero-order valence-electron chi connectivity index (χ0n) is 69.2. The zero-order chi connectivity index (χ0) is 86.2. The molecule has 4 saturated carbocycles. The number of carbonyl (C=O) groups excluding carboxylic acids is 8. The van der Waals surface area contributed by atoms with Gasteiger partial charge in [0.2, 0.25) is 55.4 Å². The van der Waals surface area contributed by atoms with Gasteiger partial charge in [-0.05, 0) is 165 Å². The summed E-state index contributed by atoms with van der Waals surface area (Å²) in [5, 5.41) is 9.13. The predicted molar refractivity (Wildman–Crippen MR) is 426 cm³/mol. The average Bonchev–Trinajstić information content (AvgIpc) is 1.57. The van der Waals surface area contributed by atoms with Gasteiger partial charge in [0.15, 0.2) is 22.8 Å². The van der Waals surface area contributed by atoms with E-state index >= 15 is 0 Å². The van der Waals surface area contributed by atoms with Crippen LogP contribution in [0.2, 0.25) is 0 Å². The third-order valence-electron chi connectivity index (χ3n) is 25.2. The molecule has 4 aliphatic heterocycles. The van der Waals surface area contributed by atoms with E-state index in [1.165, 1.54) is 33.4 Å². The number of ether oxygens (including phenoxy) is 6. The van der Waals surface area contributed by atoms with E-state index in [0.717, 1.165) is 27.7 Å². The van der Waals surface area contributed by atoms with E-state index < -0.39 is 184 Å². The maximum atomic E-state index is 14.9. The molecule has 2 saturated heterocycles. The number of halogens is 4. The number of Topliss-reactive ketones (excluding diaryl/α,β-unsaturated/α-hetero) is 2. The lowest BCUT2D eigenvalue weighted by atomic mass is 9.82. The second-order valence-electron chi connectivity index (χ2n) is 35.3. The van der Waals surface area contributed by atoms with Gasteiger partial charge in [0.1, 0.15) is 12.2 Å². The third kappa shape index (κ3) is 20.6. The van der Waals surface area contributed by atoms with Crippen LogP contribution in [0.4, 0.5) is 17.6 Å². The van der Waals surface area contributed by atoms with Gasteiger partial charge in [-0.15, -0.1) is 10.2 Å². The molecule has 0 bridgehead atoms. The number of hydrogen-bond acceptors (Lipinski definition) is 22. The summed E-state index contributed by atoms with van der Waals surface area (Å²) in [5.41, 5.74) is -7.79. The highest BCUT2D eigenvalue weighted by Gasteiger charge is 2.64. The van der Waals surface area contributed by atoms with Crippen LogP contribution < -0.4 is 30.0 Å². The van der Waals surface area contributed by atoms with Crippen LogP contribution in [0.1, 0.15) is 185 Å². The highest BCUT2D eigenvalue weighted by atomic mass is 32.2. The first kappa shape index (κ1) is 90.3.